The molecule has 0 aliphatic carbocycles. The molecule has 0 spiro atoms. The lowest BCUT2D eigenvalue weighted by Gasteiger charge is -1.96. The van der Waals surface area contributed by atoms with Crippen LogP contribution in [0.4, 0.5) is 4.70 Å². The maximum atomic E-state index is 5.23. The van der Waals surface area contributed by atoms with Crippen LogP contribution in [0.15, 0.2) is 0 Å². The molecule has 0 fully saturated rings. The monoisotopic (exact) mass is 107 g/mol. The Morgan fingerprint density at radius 2 is 1.86 bits per heavy atom. The smallest absolute Gasteiger partial charge is 0.00748 e. The van der Waals surface area contributed by atoms with Crippen LogP contribution in [0.5, 0.6) is 0 Å². The largest absolute Gasteiger partial charge is 0.330 e. The van der Waals surface area contributed by atoms with Gasteiger partial charge < -0.3 is 5.73 Å². The molecule has 0 aliphatic rings. The molecule has 0 unspecified atom stereocenters. The van der Waals surface area contributed by atoms with Crippen molar-refractivity contribution in [1.82, 2.24) is 0 Å². The van der Waals surface area contributed by atoms with Crippen molar-refractivity contribution >= 4 is 0 Å². The minimum Gasteiger partial charge on any atom is -0.330 e. The molecule has 7 heavy (non-hydrogen) atoms. The summed E-state index contributed by atoms with van der Waals surface area (Å²) in [6.45, 7) is 5.18. The maximum Gasteiger partial charge on any atom is -0.00748 e. The summed E-state index contributed by atoms with van der Waals surface area (Å²) < 4.78 is 0. The maximum absolute atomic E-state index is 5.23. The average Bonchev–Trinajstić information content (AvgIpc) is 1.35. The molecule has 1 nitrogen and oxygen atoms in total. The van der Waals surface area contributed by atoms with Crippen molar-refractivity contribution in [3.63, 3.8) is 0 Å². The summed E-state index contributed by atoms with van der Waals surface area (Å²) >= 11 is 0. The molecular formula is C5H14FN. The lowest BCUT2D eigenvalue weighted by molar-refractivity contribution is 0.596. The van der Waals surface area contributed by atoms with E-state index in [4.69, 9.17) is 5.73 Å². The second-order valence-corrected chi connectivity index (χ2v) is 1.97. The van der Waals surface area contributed by atoms with E-state index in [1.54, 1.807) is 0 Å². The molecule has 0 aromatic carbocycles. The highest BCUT2D eigenvalue weighted by atomic mass is 19.0. The van der Waals surface area contributed by atoms with E-state index in [1.807, 2.05) is 0 Å². The van der Waals surface area contributed by atoms with Gasteiger partial charge in [-0.1, -0.05) is 13.8 Å². The van der Waals surface area contributed by atoms with Gasteiger partial charge in [-0.2, -0.15) is 0 Å². The lowest BCUT2D eigenvalue weighted by atomic mass is 10.1. The number of hydrogen-bond acceptors (Lipinski definition) is 1. The van der Waals surface area contributed by atoms with Crippen LogP contribution < -0.4 is 5.73 Å². The fourth-order valence-corrected chi connectivity index (χ4v) is 0.333. The number of hydrogen-bond donors (Lipinski definition) is 1. The molecule has 0 radical (unpaired) electrons. The lowest BCUT2D eigenvalue weighted by Crippen LogP contribution is -2.01. The molecule has 0 saturated carbocycles. The van der Waals surface area contributed by atoms with Gasteiger partial charge in [-0.3, -0.25) is 4.70 Å². The van der Waals surface area contributed by atoms with Crippen LogP contribution in [0.1, 0.15) is 20.3 Å². The first-order valence-electron chi connectivity index (χ1n) is 2.47. The van der Waals surface area contributed by atoms with E-state index >= 15 is 0 Å². The van der Waals surface area contributed by atoms with Gasteiger partial charge in [-0.15, -0.1) is 0 Å². The van der Waals surface area contributed by atoms with Crippen molar-refractivity contribution in [2.75, 3.05) is 6.54 Å². The molecule has 2 N–H and O–H groups in total. The summed E-state index contributed by atoms with van der Waals surface area (Å²) in [6, 6.07) is 0. The SMILES string of the molecule is CC(C)CCN.F. The van der Waals surface area contributed by atoms with Gasteiger partial charge in [0, 0.05) is 0 Å². The Balaban J connectivity index is 0. The zero-order valence-electron chi connectivity index (χ0n) is 4.98. The molecular weight excluding hydrogens is 93.1 g/mol. The Labute approximate surface area is 44.3 Å². The Hall–Kier alpha value is -0.110. The first-order valence-corrected chi connectivity index (χ1v) is 2.47. The van der Waals surface area contributed by atoms with Gasteiger partial charge in [0.25, 0.3) is 0 Å². The molecule has 0 aromatic rings. The molecule has 0 saturated heterocycles. The number of rotatable bonds is 2. The average molecular weight is 107 g/mol. The van der Waals surface area contributed by atoms with Crippen LogP contribution >= 0.6 is 0 Å². The summed E-state index contributed by atoms with van der Waals surface area (Å²) in [5, 5.41) is 0. The first-order chi connectivity index (χ1) is 2.77. The standard InChI is InChI=1S/C5H13N.FH/c1-5(2)3-4-6;/h5H,3-4,6H2,1-2H3;1H. The van der Waals surface area contributed by atoms with Crippen LogP contribution in [-0.4, -0.2) is 6.54 Å². The van der Waals surface area contributed by atoms with Gasteiger partial charge in [0.15, 0.2) is 0 Å². The highest BCUT2D eigenvalue weighted by Gasteiger charge is 1.85. The molecule has 2 heteroatoms. The summed E-state index contributed by atoms with van der Waals surface area (Å²) in [5.74, 6) is 0.773. The van der Waals surface area contributed by atoms with E-state index in [1.165, 1.54) is 0 Å². The Morgan fingerprint density at radius 1 is 1.43 bits per heavy atom. The summed E-state index contributed by atoms with van der Waals surface area (Å²) in [4.78, 5) is 0. The van der Waals surface area contributed by atoms with Gasteiger partial charge >= 0.3 is 0 Å². The zero-order valence-corrected chi connectivity index (χ0v) is 4.98. The predicted octanol–water partition coefficient (Wildman–Crippen LogP) is 1.14. The molecule has 0 aromatic heterocycles. The van der Waals surface area contributed by atoms with Crippen LogP contribution in [0.2, 0.25) is 0 Å². The Morgan fingerprint density at radius 3 is 1.86 bits per heavy atom. The predicted molar refractivity (Wildman–Crippen MR) is 31.0 cm³/mol. The van der Waals surface area contributed by atoms with Gasteiger partial charge in [0.05, 0.1) is 0 Å². The zero-order chi connectivity index (χ0) is 4.99. The summed E-state index contributed by atoms with van der Waals surface area (Å²) in [7, 11) is 0. The van der Waals surface area contributed by atoms with E-state index in [0.29, 0.717) is 0 Å². The minimum atomic E-state index is 0. The second kappa shape index (κ2) is 5.89. The van der Waals surface area contributed by atoms with Crippen molar-refractivity contribution in [3.05, 3.63) is 0 Å². The minimum absolute atomic E-state index is 0. The molecule has 46 valence electrons. The Kier molecular flexibility index (Phi) is 8.41. The van der Waals surface area contributed by atoms with Crippen molar-refractivity contribution in [3.8, 4) is 0 Å². The van der Waals surface area contributed by atoms with Gasteiger partial charge in [-0.05, 0) is 18.9 Å². The summed E-state index contributed by atoms with van der Waals surface area (Å²) in [6.07, 6.45) is 1.15. The molecule has 0 aliphatic heterocycles. The van der Waals surface area contributed by atoms with Crippen LogP contribution in [0.25, 0.3) is 0 Å². The van der Waals surface area contributed by atoms with E-state index in [9.17, 15) is 0 Å². The van der Waals surface area contributed by atoms with E-state index in [-0.39, 0.29) is 4.70 Å². The van der Waals surface area contributed by atoms with E-state index in [0.717, 1.165) is 18.9 Å². The number of halogens is 1. The molecule has 0 heterocycles. The molecule has 0 amide bonds. The highest BCUT2D eigenvalue weighted by Crippen LogP contribution is 1.93. The van der Waals surface area contributed by atoms with Crippen LogP contribution in [0, 0.1) is 5.92 Å². The van der Waals surface area contributed by atoms with Gasteiger partial charge in [0.2, 0.25) is 0 Å². The molecule has 0 bridgehead atoms. The highest BCUT2D eigenvalue weighted by molar-refractivity contribution is 4.42. The third-order valence-electron chi connectivity index (χ3n) is 0.744. The van der Waals surface area contributed by atoms with Gasteiger partial charge in [0.1, 0.15) is 0 Å². The van der Waals surface area contributed by atoms with E-state index < -0.39 is 0 Å². The summed E-state index contributed by atoms with van der Waals surface area (Å²) in [5.41, 5.74) is 5.23. The van der Waals surface area contributed by atoms with Crippen molar-refractivity contribution in [2.45, 2.75) is 20.3 Å². The van der Waals surface area contributed by atoms with Crippen molar-refractivity contribution in [1.29, 1.82) is 0 Å². The normalized spacial score (nSPS) is 8.57. The fourth-order valence-electron chi connectivity index (χ4n) is 0.333. The third kappa shape index (κ3) is 10.7. The second-order valence-electron chi connectivity index (χ2n) is 1.97. The Bertz CT molecular complexity index is 29.3. The van der Waals surface area contributed by atoms with Crippen LogP contribution in [0.3, 0.4) is 0 Å². The first kappa shape index (κ1) is 10.00. The van der Waals surface area contributed by atoms with Crippen molar-refractivity contribution in [2.24, 2.45) is 11.7 Å². The number of nitrogens with two attached hydrogens (primary N) is 1. The van der Waals surface area contributed by atoms with Crippen molar-refractivity contribution < 1.29 is 4.70 Å². The van der Waals surface area contributed by atoms with Crippen LogP contribution in [-0.2, 0) is 0 Å². The molecule has 0 atom stereocenters. The topological polar surface area (TPSA) is 26.0 Å². The quantitative estimate of drug-likeness (QED) is 0.562. The molecule has 0 rings (SSSR count). The fraction of sp³-hybridized carbons (Fsp3) is 1.00. The van der Waals surface area contributed by atoms with Gasteiger partial charge in [-0.25, -0.2) is 0 Å². The van der Waals surface area contributed by atoms with E-state index in [2.05, 4.69) is 13.8 Å². The third-order valence-corrected chi connectivity index (χ3v) is 0.744.